The molecule has 0 N–H and O–H groups in total. The second-order valence-electron chi connectivity index (χ2n) is 5.34. The molecule has 1 aliphatic carbocycles. The molecule has 0 aliphatic heterocycles. The van der Waals surface area contributed by atoms with Gasteiger partial charge in [-0.3, -0.25) is 0 Å². The van der Waals surface area contributed by atoms with Gasteiger partial charge in [-0.05, 0) is 53.2 Å². The first-order valence-corrected chi connectivity index (χ1v) is 7.12. The second kappa shape index (κ2) is 5.85. The van der Waals surface area contributed by atoms with Crippen LogP contribution in [0, 0.1) is 17.2 Å². The normalized spacial score (nSPS) is 18.3. The average molecular weight is 275 g/mol. The lowest BCUT2D eigenvalue weighted by Gasteiger charge is -2.11. The number of fused-ring (bicyclic) bond motifs is 1. The Morgan fingerprint density at radius 3 is 2.76 bits per heavy atom. The second-order valence-corrected chi connectivity index (χ2v) is 5.34. The van der Waals surface area contributed by atoms with Crippen LogP contribution in [0.2, 0.25) is 0 Å². The standard InChI is InChI=1S/C19H17NO/c1-21-17-8-7-15-12-16(11-14-5-3-2-4-6-14)18(9-10-20)19(15)13-17/h2-9,13,16H,11-12H2,1H3. The summed E-state index contributed by atoms with van der Waals surface area (Å²) >= 11 is 0. The summed E-state index contributed by atoms with van der Waals surface area (Å²) in [6.45, 7) is 0. The third-order valence-electron chi connectivity index (χ3n) is 4.08. The minimum atomic E-state index is 0.370. The van der Waals surface area contributed by atoms with Crippen molar-refractivity contribution in [3.8, 4) is 11.8 Å². The van der Waals surface area contributed by atoms with E-state index in [1.54, 1.807) is 13.2 Å². The first kappa shape index (κ1) is 13.5. The van der Waals surface area contributed by atoms with Crippen LogP contribution in [0.25, 0.3) is 5.57 Å². The van der Waals surface area contributed by atoms with Crippen molar-refractivity contribution in [1.29, 1.82) is 5.26 Å². The molecule has 1 unspecified atom stereocenters. The van der Waals surface area contributed by atoms with Crippen molar-refractivity contribution >= 4 is 5.57 Å². The van der Waals surface area contributed by atoms with Gasteiger partial charge in [0.15, 0.2) is 0 Å². The molecule has 2 heteroatoms. The van der Waals surface area contributed by atoms with E-state index in [2.05, 4.69) is 36.4 Å². The van der Waals surface area contributed by atoms with E-state index in [9.17, 15) is 0 Å². The van der Waals surface area contributed by atoms with E-state index in [-0.39, 0.29) is 0 Å². The van der Waals surface area contributed by atoms with Crippen LogP contribution in [0.5, 0.6) is 5.75 Å². The topological polar surface area (TPSA) is 33.0 Å². The van der Waals surface area contributed by atoms with Gasteiger partial charge in [-0.25, -0.2) is 0 Å². The van der Waals surface area contributed by atoms with Gasteiger partial charge in [0.05, 0.1) is 13.2 Å². The molecule has 2 aromatic carbocycles. The molecule has 0 spiro atoms. The first-order chi connectivity index (χ1) is 10.3. The average Bonchev–Trinajstić information content (AvgIpc) is 2.85. The minimum absolute atomic E-state index is 0.370. The monoisotopic (exact) mass is 275 g/mol. The maximum Gasteiger partial charge on any atom is 0.119 e. The third-order valence-corrected chi connectivity index (χ3v) is 4.08. The number of allylic oxidation sites excluding steroid dienone is 2. The fourth-order valence-electron chi connectivity index (χ4n) is 3.07. The van der Waals surface area contributed by atoms with E-state index in [0.29, 0.717) is 5.92 Å². The van der Waals surface area contributed by atoms with Crippen LogP contribution in [-0.2, 0) is 12.8 Å². The van der Waals surface area contributed by atoms with E-state index in [0.717, 1.165) is 29.7 Å². The van der Waals surface area contributed by atoms with Gasteiger partial charge in [0.25, 0.3) is 0 Å². The molecule has 3 rings (SSSR count). The van der Waals surface area contributed by atoms with Crippen molar-refractivity contribution in [1.82, 2.24) is 0 Å². The van der Waals surface area contributed by atoms with Crippen LogP contribution >= 0.6 is 0 Å². The maximum absolute atomic E-state index is 9.10. The molecule has 0 saturated carbocycles. The molecule has 0 heterocycles. The zero-order valence-electron chi connectivity index (χ0n) is 12.0. The highest BCUT2D eigenvalue weighted by atomic mass is 16.5. The van der Waals surface area contributed by atoms with Gasteiger partial charge in [-0.1, -0.05) is 36.4 Å². The number of rotatable bonds is 3. The van der Waals surface area contributed by atoms with Gasteiger partial charge in [-0.2, -0.15) is 5.26 Å². The van der Waals surface area contributed by atoms with Gasteiger partial charge in [0.2, 0.25) is 0 Å². The number of hydrogen-bond acceptors (Lipinski definition) is 2. The van der Waals surface area contributed by atoms with Crippen molar-refractivity contribution in [3.05, 3.63) is 71.3 Å². The van der Waals surface area contributed by atoms with Crippen molar-refractivity contribution < 1.29 is 4.74 Å². The van der Waals surface area contributed by atoms with Crippen molar-refractivity contribution in [2.24, 2.45) is 5.92 Å². The van der Waals surface area contributed by atoms with Gasteiger partial charge in [-0.15, -0.1) is 0 Å². The van der Waals surface area contributed by atoms with Crippen LogP contribution in [-0.4, -0.2) is 7.11 Å². The number of hydrogen-bond donors (Lipinski definition) is 0. The summed E-state index contributed by atoms with van der Waals surface area (Å²) < 4.78 is 5.31. The number of methoxy groups -OCH3 is 1. The summed E-state index contributed by atoms with van der Waals surface area (Å²) in [7, 11) is 1.67. The van der Waals surface area contributed by atoms with Crippen LogP contribution in [0.15, 0.2) is 54.6 Å². The fraction of sp³-hybridized carbons (Fsp3) is 0.211. The van der Waals surface area contributed by atoms with Crippen molar-refractivity contribution in [3.63, 3.8) is 0 Å². The van der Waals surface area contributed by atoms with Crippen LogP contribution in [0.3, 0.4) is 0 Å². The van der Waals surface area contributed by atoms with E-state index in [1.807, 2.05) is 18.2 Å². The Balaban J connectivity index is 1.94. The van der Waals surface area contributed by atoms with Crippen LogP contribution < -0.4 is 4.74 Å². The van der Waals surface area contributed by atoms with Gasteiger partial charge < -0.3 is 4.74 Å². The van der Waals surface area contributed by atoms with Gasteiger partial charge in [0, 0.05) is 6.08 Å². The summed E-state index contributed by atoms with van der Waals surface area (Å²) in [5, 5.41) is 9.10. The molecular weight excluding hydrogens is 258 g/mol. The Labute approximate surface area is 125 Å². The van der Waals surface area contributed by atoms with E-state index in [1.165, 1.54) is 11.1 Å². The van der Waals surface area contributed by atoms with E-state index >= 15 is 0 Å². The molecule has 0 saturated heterocycles. The molecule has 2 aromatic rings. The summed E-state index contributed by atoms with van der Waals surface area (Å²) in [6.07, 6.45) is 3.64. The molecular formula is C19H17NO. The molecule has 2 nitrogen and oxygen atoms in total. The Bertz CT molecular complexity index is 710. The molecule has 0 radical (unpaired) electrons. The van der Waals surface area contributed by atoms with E-state index in [4.69, 9.17) is 10.00 Å². The van der Waals surface area contributed by atoms with Gasteiger partial charge in [0.1, 0.15) is 5.75 Å². The van der Waals surface area contributed by atoms with Crippen LogP contribution in [0.4, 0.5) is 0 Å². The smallest absolute Gasteiger partial charge is 0.119 e. The summed E-state index contributed by atoms with van der Waals surface area (Å²) in [4.78, 5) is 0. The number of benzene rings is 2. The van der Waals surface area contributed by atoms with Gasteiger partial charge >= 0.3 is 0 Å². The van der Waals surface area contributed by atoms with Crippen molar-refractivity contribution in [2.45, 2.75) is 12.8 Å². The molecule has 1 atom stereocenters. The highest BCUT2D eigenvalue weighted by Gasteiger charge is 2.27. The summed E-state index contributed by atoms with van der Waals surface area (Å²) in [6, 6.07) is 18.8. The quantitative estimate of drug-likeness (QED) is 0.793. The molecule has 0 fully saturated rings. The number of nitrogens with zero attached hydrogens (tertiary/aromatic N) is 1. The predicted molar refractivity (Wildman–Crippen MR) is 83.9 cm³/mol. The first-order valence-electron chi connectivity index (χ1n) is 7.12. The number of ether oxygens (including phenoxy) is 1. The highest BCUT2D eigenvalue weighted by Crippen LogP contribution is 2.40. The minimum Gasteiger partial charge on any atom is -0.497 e. The number of nitriles is 1. The zero-order chi connectivity index (χ0) is 14.7. The SMILES string of the molecule is COc1ccc2c(c1)C(=CC#N)C(Cc1ccccc1)C2. The largest absolute Gasteiger partial charge is 0.497 e. The molecule has 0 aromatic heterocycles. The summed E-state index contributed by atoms with van der Waals surface area (Å²) in [5.41, 5.74) is 4.91. The third kappa shape index (κ3) is 2.68. The Hall–Kier alpha value is -2.53. The fourth-order valence-corrected chi connectivity index (χ4v) is 3.07. The summed E-state index contributed by atoms with van der Waals surface area (Å²) in [5.74, 6) is 1.21. The molecule has 21 heavy (non-hydrogen) atoms. The van der Waals surface area contributed by atoms with Crippen molar-refractivity contribution in [2.75, 3.05) is 7.11 Å². The highest BCUT2D eigenvalue weighted by molar-refractivity contribution is 5.77. The molecule has 1 aliphatic rings. The predicted octanol–water partition coefficient (Wildman–Crippen LogP) is 4.02. The lowest BCUT2D eigenvalue weighted by molar-refractivity contribution is 0.414. The molecule has 0 amide bonds. The Morgan fingerprint density at radius 1 is 1.24 bits per heavy atom. The van der Waals surface area contributed by atoms with E-state index < -0.39 is 0 Å². The lowest BCUT2D eigenvalue weighted by atomic mass is 9.92. The Morgan fingerprint density at radius 2 is 2.05 bits per heavy atom. The maximum atomic E-state index is 9.10. The van der Waals surface area contributed by atoms with Crippen LogP contribution in [0.1, 0.15) is 16.7 Å². The molecule has 0 bridgehead atoms. The molecule has 104 valence electrons. The zero-order valence-corrected chi connectivity index (χ0v) is 12.0. The Kier molecular flexibility index (Phi) is 3.75. The lowest BCUT2D eigenvalue weighted by Crippen LogP contribution is -2.03.